The fraction of sp³-hybridized carbons (Fsp3) is 0.538. The van der Waals surface area contributed by atoms with E-state index in [-0.39, 0.29) is 5.78 Å². The highest BCUT2D eigenvalue weighted by atomic mass is 79.9. The third-order valence-electron chi connectivity index (χ3n) is 2.71. The average molecular weight is 299 g/mol. The Labute approximate surface area is 111 Å². The molecular weight excluding hydrogens is 280 g/mol. The van der Waals surface area contributed by atoms with Gasteiger partial charge >= 0.3 is 0 Å². The predicted octanol–water partition coefficient (Wildman–Crippen LogP) is 3.98. The van der Waals surface area contributed by atoms with Gasteiger partial charge in [-0.2, -0.15) is 5.10 Å². The quantitative estimate of drug-likeness (QED) is 0.588. The average Bonchev–Trinajstić information content (AvgIpc) is 2.68. The van der Waals surface area contributed by atoms with Gasteiger partial charge in [0.1, 0.15) is 5.69 Å². The van der Waals surface area contributed by atoms with Crippen LogP contribution in [0.1, 0.15) is 50.5 Å². The standard InChI is InChI=1S/C13H19BrN2O/c1-4-7-16-13(11(14)9-15-16)12(17)8-10(5-2)6-3/h8-9H,4-7H2,1-3H3. The van der Waals surface area contributed by atoms with E-state index in [1.165, 1.54) is 5.57 Å². The molecule has 0 aliphatic heterocycles. The van der Waals surface area contributed by atoms with Gasteiger partial charge in [-0.3, -0.25) is 9.48 Å². The highest BCUT2D eigenvalue weighted by molar-refractivity contribution is 9.10. The first-order chi connectivity index (χ1) is 8.13. The minimum atomic E-state index is 0.0431. The summed E-state index contributed by atoms with van der Waals surface area (Å²) in [4.78, 5) is 12.2. The number of carbonyl (C=O) groups is 1. The van der Waals surface area contributed by atoms with Crippen LogP contribution in [-0.4, -0.2) is 15.6 Å². The first-order valence-corrected chi connectivity index (χ1v) is 6.88. The second kappa shape index (κ2) is 6.74. The van der Waals surface area contributed by atoms with E-state index in [0.717, 1.165) is 30.3 Å². The van der Waals surface area contributed by atoms with Crippen LogP contribution in [0.15, 0.2) is 22.3 Å². The number of hydrogen-bond acceptors (Lipinski definition) is 2. The maximum atomic E-state index is 12.2. The van der Waals surface area contributed by atoms with E-state index in [4.69, 9.17) is 0 Å². The Hall–Kier alpha value is -0.900. The summed E-state index contributed by atoms with van der Waals surface area (Å²) in [6, 6.07) is 0. The van der Waals surface area contributed by atoms with Gasteiger partial charge in [0, 0.05) is 6.54 Å². The number of nitrogens with zero attached hydrogens (tertiary/aromatic N) is 2. The molecule has 1 aromatic rings. The Balaban J connectivity index is 3.02. The molecule has 0 spiro atoms. The van der Waals surface area contributed by atoms with Gasteiger partial charge in [-0.15, -0.1) is 0 Å². The summed E-state index contributed by atoms with van der Waals surface area (Å²) in [7, 11) is 0. The van der Waals surface area contributed by atoms with Gasteiger partial charge < -0.3 is 0 Å². The van der Waals surface area contributed by atoms with Crippen molar-refractivity contribution in [3.8, 4) is 0 Å². The highest BCUT2D eigenvalue weighted by Crippen LogP contribution is 2.19. The van der Waals surface area contributed by atoms with E-state index >= 15 is 0 Å². The van der Waals surface area contributed by atoms with Gasteiger partial charge in [-0.25, -0.2) is 0 Å². The second-order valence-corrected chi connectivity index (χ2v) is 4.79. The highest BCUT2D eigenvalue weighted by Gasteiger charge is 2.15. The molecule has 0 aliphatic rings. The van der Waals surface area contributed by atoms with Crippen molar-refractivity contribution in [1.82, 2.24) is 9.78 Å². The molecule has 0 amide bonds. The Morgan fingerprint density at radius 1 is 1.41 bits per heavy atom. The topological polar surface area (TPSA) is 34.9 Å². The number of halogens is 1. The Morgan fingerprint density at radius 3 is 2.59 bits per heavy atom. The van der Waals surface area contributed by atoms with E-state index in [0.29, 0.717) is 5.69 Å². The molecule has 1 rings (SSSR count). The molecule has 0 aliphatic carbocycles. The Morgan fingerprint density at radius 2 is 2.06 bits per heavy atom. The molecule has 0 unspecified atom stereocenters. The van der Waals surface area contributed by atoms with Gasteiger partial charge in [0.05, 0.1) is 10.7 Å². The fourth-order valence-electron chi connectivity index (χ4n) is 1.70. The van der Waals surface area contributed by atoms with Crippen LogP contribution in [0, 0.1) is 0 Å². The van der Waals surface area contributed by atoms with Crippen molar-refractivity contribution >= 4 is 21.7 Å². The molecule has 0 bridgehead atoms. The molecule has 0 atom stereocenters. The van der Waals surface area contributed by atoms with Crippen LogP contribution in [0.3, 0.4) is 0 Å². The molecule has 94 valence electrons. The maximum absolute atomic E-state index is 12.2. The van der Waals surface area contributed by atoms with E-state index in [2.05, 4.69) is 41.8 Å². The van der Waals surface area contributed by atoms with E-state index in [1.807, 2.05) is 0 Å². The molecule has 3 nitrogen and oxygen atoms in total. The number of allylic oxidation sites excluding steroid dienone is 2. The molecule has 0 N–H and O–H groups in total. The zero-order chi connectivity index (χ0) is 12.8. The summed E-state index contributed by atoms with van der Waals surface area (Å²) in [6.07, 6.45) is 6.23. The van der Waals surface area contributed by atoms with Crippen LogP contribution in [0.5, 0.6) is 0 Å². The molecular formula is C13H19BrN2O. The monoisotopic (exact) mass is 298 g/mol. The lowest BCUT2D eigenvalue weighted by Gasteiger charge is -2.05. The summed E-state index contributed by atoms with van der Waals surface area (Å²) in [5.74, 6) is 0.0431. The van der Waals surface area contributed by atoms with Crippen LogP contribution in [-0.2, 0) is 6.54 Å². The van der Waals surface area contributed by atoms with E-state index in [9.17, 15) is 4.79 Å². The number of aryl methyl sites for hydroxylation is 1. The van der Waals surface area contributed by atoms with Crippen molar-refractivity contribution in [1.29, 1.82) is 0 Å². The fourth-order valence-corrected chi connectivity index (χ4v) is 2.19. The number of ketones is 1. The summed E-state index contributed by atoms with van der Waals surface area (Å²) >= 11 is 3.39. The third kappa shape index (κ3) is 3.53. The molecule has 0 radical (unpaired) electrons. The molecule has 0 aromatic carbocycles. The second-order valence-electron chi connectivity index (χ2n) is 3.94. The number of aromatic nitrogens is 2. The lowest BCUT2D eigenvalue weighted by atomic mass is 10.1. The predicted molar refractivity (Wildman–Crippen MR) is 73.2 cm³/mol. The van der Waals surface area contributed by atoms with Gasteiger partial charge in [-0.1, -0.05) is 26.3 Å². The molecule has 1 heterocycles. The Kier molecular flexibility index (Phi) is 5.62. The van der Waals surface area contributed by atoms with E-state index in [1.54, 1.807) is 17.0 Å². The van der Waals surface area contributed by atoms with Crippen molar-refractivity contribution in [3.63, 3.8) is 0 Å². The summed E-state index contributed by atoms with van der Waals surface area (Å²) in [5.41, 5.74) is 1.83. The van der Waals surface area contributed by atoms with Gasteiger partial charge in [0.2, 0.25) is 5.78 Å². The first-order valence-electron chi connectivity index (χ1n) is 6.09. The van der Waals surface area contributed by atoms with Crippen LogP contribution in [0.2, 0.25) is 0 Å². The third-order valence-corrected chi connectivity index (χ3v) is 3.29. The SMILES string of the molecule is CCCn1ncc(Br)c1C(=O)C=C(CC)CC. The molecule has 4 heteroatoms. The normalized spacial score (nSPS) is 10.4. The van der Waals surface area contributed by atoms with E-state index < -0.39 is 0 Å². The van der Waals surface area contributed by atoms with Crippen molar-refractivity contribution in [3.05, 3.63) is 28.0 Å². The summed E-state index contributed by atoms with van der Waals surface area (Å²) in [6.45, 7) is 6.99. The van der Waals surface area contributed by atoms with Crippen molar-refractivity contribution in [2.45, 2.75) is 46.6 Å². The lowest BCUT2D eigenvalue weighted by Crippen LogP contribution is -2.09. The zero-order valence-electron chi connectivity index (χ0n) is 10.7. The van der Waals surface area contributed by atoms with Gasteiger partial charge in [0.25, 0.3) is 0 Å². The van der Waals surface area contributed by atoms with Crippen LogP contribution >= 0.6 is 15.9 Å². The molecule has 0 saturated heterocycles. The number of carbonyl (C=O) groups excluding carboxylic acids is 1. The molecule has 0 saturated carbocycles. The van der Waals surface area contributed by atoms with Crippen LogP contribution < -0.4 is 0 Å². The molecule has 17 heavy (non-hydrogen) atoms. The maximum Gasteiger partial charge on any atom is 0.204 e. The summed E-state index contributed by atoms with van der Waals surface area (Å²) < 4.78 is 2.55. The lowest BCUT2D eigenvalue weighted by molar-refractivity contribution is 0.103. The number of hydrogen-bond donors (Lipinski definition) is 0. The first kappa shape index (κ1) is 14.2. The van der Waals surface area contributed by atoms with Crippen LogP contribution in [0.4, 0.5) is 0 Å². The minimum absolute atomic E-state index is 0.0431. The Bertz CT molecular complexity index is 415. The van der Waals surface area contributed by atoms with Crippen LogP contribution in [0.25, 0.3) is 0 Å². The van der Waals surface area contributed by atoms with Gasteiger partial charge in [0.15, 0.2) is 0 Å². The molecule has 1 aromatic heterocycles. The number of rotatable bonds is 6. The van der Waals surface area contributed by atoms with Crippen molar-refractivity contribution in [2.24, 2.45) is 0 Å². The largest absolute Gasteiger partial charge is 0.288 e. The molecule has 0 fully saturated rings. The smallest absolute Gasteiger partial charge is 0.204 e. The summed E-state index contributed by atoms with van der Waals surface area (Å²) in [5, 5.41) is 4.21. The zero-order valence-corrected chi connectivity index (χ0v) is 12.2. The minimum Gasteiger partial charge on any atom is -0.288 e. The van der Waals surface area contributed by atoms with Crippen molar-refractivity contribution < 1.29 is 4.79 Å². The van der Waals surface area contributed by atoms with Crippen molar-refractivity contribution in [2.75, 3.05) is 0 Å². The van der Waals surface area contributed by atoms with Gasteiger partial charge in [-0.05, 0) is 41.3 Å².